The summed E-state index contributed by atoms with van der Waals surface area (Å²) < 4.78 is 69.8. The molecule has 79 heavy (non-hydrogen) atoms. The second-order valence-electron chi connectivity index (χ2n) is 23.1. The van der Waals surface area contributed by atoms with Crippen molar-refractivity contribution in [2.24, 2.45) is 0 Å². The van der Waals surface area contributed by atoms with Gasteiger partial charge in [0.1, 0.15) is 5.82 Å². The van der Waals surface area contributed by atoms with Crippen molar-refractivity contribution in [2.45, 2.75) is 84.4 Å². The molecule has 1 aliphatic heterocycles. The molecule has 0 spiro atoms. The maximum Gasteiger partial charge on any atom is 0.135 e. The minimum Gasteiger partial charge on any atom is -0.509 e. The van der Waals surface area contributed by atoms with E-state index in [1.165, 1.54) is 29.0 Å². The van der Waals surface area contributed by atoms with Crippen molar-refractivity contribution in [3.63, 3.8) is 0 Å². The number of fused-ring (bicyclic) bond motifs is 5. The molecule has 5 nitrogen and oxygen atoms in total. The van der Waals surface area contributed by atoms with Gasteiger partial charge in [0.05, 0.1) is 5.48 Å². The predicted octanol–water partition coefficient (Wildman–Crippen LogP) is 19.6. The quantitative estimate of drug-likeness (QED) is 0.135. The molecule has 0 amide bonds. The first-order valence-corrected chi connectivity index (χ1v) is 26.8. The molecule has 0 saturated carbocycles. The summed E-state index contributed by atoms with van der Waals surface area (Å²) in [5.41, 5.74) is 15.9. The zero-order valence-electron chi connectivity index (χ0n) is 52.3. The number of nitrogens with zero attached hydrogens (tertiary/aromatic N) is 4. The van der Waals surface area contributed by atoms with Gasteiger partial charge < -0.3 is 19.1 Å². The van der Waals surface area contributed by atoms with E-state index in [-0.39, 0.29) is 77.4 Å². The van der Waals surface area contributed by atoms with Crippen LogP contribution in [0.3, 0.4) is 0 Å². The Balaban J connectivity index is 0.00000724. The molecule has 0 N–H and O–H groups in total. The third kappa shape index (κ3) is 9.36. The van der Waals surface area contributed by atoms with Gasteiger partial charge in [0.2, 0.25) is 0 Å². The molecule has 2 aliphatic rings. The van der Waals surface area contributed by atoms with Gasteiger partial charge in [-0.1, -0.05) is 193 Å². The van der Waals surface area contributed by atoms with Gasteiger partial charge in [-0.05, 0) is 122 Å². The van der Waals surface area contributed by atoms with E-state index in [2.05, 4.69) is 186 Å². The van der Waals surface area contributed by atoms with Crippen LogP contribution in [-0.2, 0) is 37.3 Å². The summed E-state index contributed by atoms with van der Waals surface area (Å²) in [6.45, 7) is 15.9. The number of hydrogen-bond acceptors (Lipinski definition) is 4. The van der Waals surface area contributed by atoms with Gasteiger partial charge in [0, 0.05) is 82.1 Å². The molecule has 9 aromatic carbocycles. The Morgan fingerprint density at radius 2 is 1.24 bits per heavy atom. The van der Waals surface area contributed by atoms with Gasteiger partial charge in [-0.2, -0.15) is 12.1 Å². The van der Waals surface area contributed by atoms with E-state index in [0.29, 0.717) is 33.5 Å². The van der Waals surface area contributed by atoms with Crippen LogP contribution >= 0.6 is 0 Å². The molecule has 394 valence electrons. The molecule has 3 heterocycles. The minimum atomic E-state index is -2.56. The normalized spacial score (nSPS) is 15.9. The summed E-state index contributed by atoms with van der Waals surface area (Å²) >= 11 is 0. The summed E-state index contributed by atoms with van der Waals surface area (Å²) in [7, 11) is 0. The number of ether oxygens (including phenoxy) is 1. The molecule has 11 aromatic rings. The average Bonchev–Trinajstić information content (AvgIpc) is 1.84. The van der Waals surface area contributed by atoms with E-state index >= 15 is 0 Å². The van der Waals surface area contributed by atoms with Gasteiger partial charge in [-0.3, -0.25) is 0 Å². The number of anilines is 4. The van der Waals surface area contributed by atoms with Crippen LogP contribution in [0.25, 0.3) is 72.1 Å². The van der Waals surface area contributed by atoms with Gasteiger partial charge in [-0.15, -0.1) is 48.1 Å². The molecule has 0 radical (unpaired) electrons. The van der Waals surface area contributed by atoms with Crippen LogP contribution in [0.15, 0.2) is 206 Å². The standard InChI is InChI=1S/C73H63N4O.Pt/c1-48-39-69(74-46-62(48)50-23-13-10-14-24-50)77-65-30-16-15-27-60(65)61-35-34-57(45-68(61)77)78-56-26-19-25-55(44-56)75-47-76(67-32-18-17-31-66(67)75)70-58(51-33-36-63-64(43-51)73(7,8)38-37-72(63,5)6)28-20-29-59(70)53-40-52(49-21-11-9-12-22-49)41-54(42-53)71(2,3)4;/h9-36,39-43,46-47H,37-38H2,1-8H3;/q-3;/i1D3,15D,16D,27D,30D;. The van der Waals surface area contributed by atoms with Crippen LogP contribution < -0.4 is 14.5 Å². The summed E-state index contributed by atoms with van der Waals surface area (Å²) in [6, 6.07) is 65.4. The zero-order chi connectivity index (χ0) is 59.5. The largest absolute Gasteiger partial charge is 0.509 e. The number of hydrogen-bond donors (Lipinski definition) is 0. The van der Waals surface area contributed by atoms with E-state index in [4.69, 9.17) is 17.9 Å². The number of aromatic nitrogens is 2. The Bertz CT molecular complexity index is 4470. The fourth-order valence-electron chi connectivity index (χ4n) is 11.6. The topological polar surface area (TPSA) is 33.5 Å². The minimum absolute atomic E-state index is 0. The molecular formula is C73H63N4OPt-3. The van der Waals surface area contributed by atoms with Crippen molar-refractivity contribution in [1.82, 2.24) is 9.55 Å². The van der Waals surface area contributed by atoms with Gasteiger partial charge in [0.15, 0.2) is 0 Å². The van der Waals surface area contributed by atoms with Crippen molar-refractivity contribution < 1.29 is 35.4 Å². The third-order valence-electron chi connectivity index (χ3n) is 16.0. The van der Waals surface area contributed by atoms with Crippen molar-refractivity contribution in [3.05, 3.63) is 247 Å². The summed E-state index contributed by atoms with van der Waals surface area (Å²) in [5, 5.41) is 0.709. The fourth-order valence-corrected chi connectivity index (χ4v) is 11.6. The molecule has 0 unspecified atom stereocenters. The van der Waals surface area contributed by atoms with E-state index in [9.17, 15) is 1.37 Å². The monoisotopic (exact) mass is 1210 g/mol. The Kier molecular flexibility index (Phi) is 11.1. The molecular weight excluding hydrogens is 1140 g/mol. The second kappa shape index (κ2) is 20.0. The SMILES string of the molecule is [2H]c1c([2H])c([2H])c2c(c1[2H])c1ccc(Oc3[c-]c(N4[CH-]N(c5c(-c6cc(-c7ccccc7)cc(C(C)(C)C)c6)cccc5-c5ccc6c(c5)C(C)(C)CCC6(C)C)c5ccccc54)ccc3)[c-]c1n2-c1cc(C([2H])([2H])[2H])c(-c2ccccc2)cn1.[Pt]. The average molecular weight is 1210 g/mol. The summed E-state index contributed by atoms with van der Waals surface area (Å²) in [5.74, 6) is 0.799. The second-order valence-corrected chi connectivity index (χ2v) is 23.1. The first-order chi connectivity index (χ1) is 40.6. The zero-order valence-corrected chi connectivity index (χ0v) is 47.6. The van der Waals surface area contributed by atoms with Crippen LogP contribution in [0.1, 0.15) is 93.2 Å². The van der Waals surface area contributed by atoms with Gasteiger partial charge >= 0.3 is 0 Å². The number of para-hydroxylation sites is 4. The smallest absolute Gasteiger partial charge is 0.135 e. The molecule has 6 heteroatoms. The van der Waals surface area contributed by atoms with Crippen molar-refractivity contribution in [3.8, 4) is 61.8 Å². The molecule has 0 atom stereocenters. The third-order valence-corrected chi connectivity index (χ3v) is 16.0. The van der Waals surface area contributed by atoms with Crippen LogP contribution in [0, 0.1) is 25.7 Å². The van der Waals surface area contributed by atoms with Crippen LogP contribution in [0.2, 0.25) is 0 Å². The van der Waals surface area contributed by atoms with Gasteiger partial charge in [-0.25, -0.2) is 4.98 Å². The van der Waals surface area contributed by atoms with E-state index in [1.54, 1.807) is 16.7 Å². The van der Waals surface area contributed by atoms with Crippen molar-refractivity contribution in [2.75, 3.05) is 9.80 Å². The van der Waals surface area contributed by atoms with E-state index in [0.717, 1.165) is 63.3 Å². The van der Waals surface area contributed by atoms with E-state index in [1.807, 2.05) is 48.5 Å². The maximum atomic E-state index is 9.19. The van der Waals surface area contributed by atoms with Crippen LogP contribution in [0.5, 0.6) is 11.5 Å². The first kappa shape index (κ1) is 43.9. The van der Waals surface area contributed by atoms with Crippen LogP contribution in [0.4, 0.5) is 22.7 Å². The molecule has 13 rings (SSSR count). The molecule has 2 aromatic heterocycles. The Morgan fingerprint density at radius 3 is 1.99 bits per heavy atom. The molecule has 0 saturated heterocycles. The maximum absolute atomic E-state index is 9.19. The molecule has 1 aliphatic carbocycles. The van der Waals surface area contributed by atoms with Crippen molar-refractivity contribution in [1.29, 1.82) is 0 Å². The predicted molar refractivity (Wildman–Crippen MR) is 325 cm³/mol. The fraction of sp³-hybridized carbons (Fsp3) is 0.178. The Morgan fingerprint density at radius 1 is 0.582 bits per heavy atom. The number of rotatable bonds is 9. The number of benzene rings is 9. The molecule has 0 bridgehead atoms. The van der Waals surface area contributed by atoms with Crippen molar-refractivity contribution >= 4 is 44.6 Å². The summed E-state index contributed by atoms with van der Waals surface area (Å²) in [4.78, 5) is 9.26. The summed E-state index contributed by atoms with van der Waals surface area (Å²) in [6.07, 6.45) is 3.73. The van der Waals surface area contributed by atoms with Crippen LogP contribution in [-0.4, -0.2) is 9.55 Å². The Hall–Kier alpha value is -7.98. The first-order valence-electron chi connectivity index (χ1n) is 30.3. The number of pyridine rings is 1. The van der Waals surface area contributed by atoms with E-state index < -0.39 is 18.9 Å². The van der Waals surface area contributed by atoms with Gasteiger partial charge in [0.25, 0.3) is 0 Å². The Labute approximate surface area is 490 Å². The molecule has 0 fully saturated rings. The number of aryl methyl sites for hydroxylation is 1.